The van der Waals surface area contributed by atoms with Crippen molar-refractivity contribution in [2.24, 2.45) is 0 Å². The lowest BCUT2D eigenvalue weighted by Gasteiger charge is -2.25. The van der Waals surface area contributed by atoms with Gasteiger partial charge in [-0.15, -0.1) is 0 Å². The lowest BCUT2D eigenvalue weighted by molar-refractivity contribution is 0.213. The molecule has 2 aromatic carbocycles. The molecular weight excluding hydrogens is 365 g/mol. The van der Waals surface area contributed by atoms with Crippen molar-refractivity contribution < 1.29 is 23.7 Å². The van der Waals surface area contributed by atoms with Crippen LogP contribution >= 0.6 is 7.37 Å². The van der Waals surface area contributed by atoms with E-state index in [0.29, 0.717) is 28.8 Å². The molecule has 0 saturated heterocycles. The van der Waals surface area contributed by atoms with Crippen molar-refractivity contribution in [2.75, 3.05) is 39.8 Å². The Morgan fingerprint density at radius 3 is 2.19 bits per heavy atom. The molecule has 2 atom stereocenters. The zero-order valence-electron chi connectivity index (χ0n) is 16.5. The molecule has 0 unspecified atom stereocenters. The first-order valence-corrected chi connectivity index (χ1v) is 10.5. The summed E-state index contributed by atoms with van der Waals surface area (Å²) in [6.07, 6.45) is 0.693. The highest BCUT2D eigenvalue weighted by atomic mass is 31.2. The van der Waals surface area contributed by atoms with Crippen molar-refractivity contribution >= 4 is 18.4 Å². The molecule has 2 aromatic rings. The molecule has 1 N–H and O–H groups in total. The maximum absolute atomic E-state index is 13.8. The summed E-state index contributed by atoms with van der Waals surface area (Å²) < 4.78 is 30.0. The molecule has 0 aliphatic rings. The van der Waals surface area contributed by atoms with Gasteiger partial charge >= 0.3 is 0 Å². The van der Waals surface area contributed by atoms with Crippen molar-refractivity contribution in [2.45, 2.75) is 19.2 Å². The number of aliphatic hydroxyl groups is 1. The zero-order chi connectivity index (χ0) is 20.0. The maximum Gasteiger partial charge on any atom is 0.264 e. The molecular formula is C20H28NO5P. The topological polar surface area (TPSA) is 68.2 Å². The number of rotatable bonds is 9. The molecule has 0 heterocycles. The minimum atomic E-state index is -3.56. The van der Waals surface area contributed by atoms with Crippen molar-refractivity contribution in [1.29, 1.82) is 0 Å². The average molecular weight is 393 g/mol. The van der Waals surface area contributed by atoms with Crippen molar-refractivity contribution in [3.05, 3.63) is 48.0 Å². The van der Waals surface area contributed by atoms with Gasteiger partial charge in [0.2, 0.25) is 0 Å². The van der Waals surface area contributed by atoms with Crippen LogP contribution in [0.3, 0.4) is 0 Å². The number of nitrogens with zero attached hydrogens (tertiary/aromatic N) is 1. The number of ether oxygens (including phenoxy) is 2. The van der Waals surface area contributed by atoms with E-state index in [1.807, 2.05) is 38.1 Å². The highest BCUT2D eigenvalue weighted by Gasteiger charge is 2.36. The summed E-state index contributed by atoms with van der Waals surface area (Å²) in [5, 5.41) is 11.5. The molecule has 0 aliphatic carbocycles. The summed E-state index contributed by atoms with van der Waals surface area (Å²) in [6.45, 7) is 2.22. The van der Waals surface area contributed by atoms with Crippen LogP contribution in [0.2, 0.25) is 0 Å². The molecule has 0 bridgehead atoms. The smallest absolute Gasteiger partial charge is 0.264 e. The number of methoxy groups -OCH3 is 2. The van der Waals surface area contributed by atoms with Crippen LogP contribution < -0.4 is 19.7 Å². The van der Waals surface area contributed by atoms with Crippen LogP contribution in [-0.2, 0) is 9.09 Å². The second-order valence-corrected chi connectivity index (χ2v) is 8.79. The molecule has 0 aliphatic heterocycles. The summed E-state index contributed by atoms with van der Waals surface area (Å²) in [5.41, 5.74) is 1.42. The molecule has 0 spiro atoms. The largest absolute Gasteiger partial charge is 0.493 e. The highest BCUT2D eigenvalue weighted by molar-refractivity contribution is 7.67. The first kappa shape index (κ1) is 21.3. The molecule has 7 heteroatoms. The van der Waals surface area contributed by atoms with Gasteiger partial charge < -0.3 is 24.0 Å². The molecule has 0 saturated carbocycles. The average Bonchev–Trinajstić information content (AvgIpc) is 2.70. The van der Waals surface area contributed by atoms with Gasteiger partial charge in [-0.3, -0.25) is 4.57 Å². The molecule has 0 radical (unpaired) electrons. The SMILES string of the molecule is CCCO[P@@](=O)(c1ccc(N(C)C)cc1)[C@H](O)c1ccc(OC)c(OC)c1. The van der Waals surface area contributed by atoms with Gasteiger partial charge in [0.1, 0.15) is 0 Å². The van der Waals surface area contributed by atoms with Gasteiger partial charge in [-0.1, -0.05) is 13.0 Å². The third-order valence-electron chi connectivity index (χ3n) is 4.24. The normalized spacial score (nSPS) is 14.3. The van der Waals surface area contributed by atoms with E-state index in [1.54, 1.807) is 30.3 Å². The number of aliphatic hydroxyl groups excluding tert-OH is 1. The molecule has 0 amide bonds. The van der Waals surface area contributed by atoms with Gasteiger partial charge in [-0.05, 0) is 48.4 Å². The van der Waals surface area contributed by atoms with E-state index >= 15 is 0 Å². The van der Waals surface area contributed by atoms with E-state index < -0.39 is 13.2 Å². The second-order valence-electron chi connectivity index (χ2n) is 6.33. The van der Waals surface area contributed by atoms with Crippen LogP contribution in [0.15, 0.2) is 42.5 Å². The van der Waals surface area contributed by atoms with Crippen LogP contribution in [0.5, 0.6) is 11.5 Å². The molecule has 148 valence electrons. The van der Waals surface area contributed by atoms with Gasteiger partial charge in [0.25, 0.3) is 7.37 Å². The van der Waals surface area contributed by atoms with E-state index in [9.17, 15) is 9.67 Å². The Morgan fingerprint density at radius 1 is 1.04 bits per heavy atom. The Balaban J connectivity index is 2.46. The minimum Gasteiger partial charge on any atom is -0.493 e. The Morgan fingerprint density at radius 2 is 1.67 bits per heavy atom. The fourth-order valence-corrected chi connectivity index (χ4v) is 4.83. The molecule has 27 heavy (non-hydrogen) atoms. The van der Waals surface area contributed by atoms with E-state index in [4.69, 9.17) is 14.0 Å². The lowest BCUT2D eigenvalue weighted by Crippen LogP contribution is -2.16. The molecule has 0 fully saturated rings. The van der Waals surface area contributed by atoms with Crippen LogP contribution in [0.4, 0.5) is 5.69 Å². The number of benzene rings is 2. The van der Waals surface area contributed by atoms with Crippen LogP contribution in [0, 0.1) is 0 Å². The summed E-state index contributed by atoms with van der Waals surface area (Å²) in [4.78, 5) is 1.95. The third kappa shape index (κ3) is 4.64. The van der Waals surface area contributed by atoms with Crippen LogP contribution in [-0.4, -0.2) is 40.0 Å². The van der Waals surface area contributed by atoms with E-state index in [1.165, 1.54) is 14.2 Å². The van der Waals surface area contributed by atoms with E-state index in [2.05, 4.69) is 0 Å². The minimum absolute atomic E-state index is 0.289. The lowest BCUT2D eigenvalue weighted by atomic mass is 10.2. The Hall–Kier alpha value is -2.01. The van der Waals surface area contributed by atoms with Crippen molar-refractivity contribution in [3.63, 3.8) is 0 Å². The highest BCUT2D eigenvalue weighted by Crippen LogP contribution is 2.58. The van der Waals surface area contributed by atoms with Gasteiger partial charge in [0.05, 0.1) is 20.8 Å². The van der Waals surface area contributed by atoms with Crippen LogP contribution in [0.1, 0.15) is 24.8 Å². The van der Waals surface area contributed by atoms with E-state index in [-0.39, 0.29) is 6.61 Å². The van der Waals surface area contributed by atoms with Crippen LogP contribution in [0.25, 0.3) is 0 Å². The Bertz CT molecular complexity index is 791. The number of hydrogen-bond acceptors (Lipinski definition) is 6. The van der Waals surface area contributed by atoms with Gasteiger partial charge in [0.15, 0.2) is 17.3 Å². The monoisotopic (exact) mass is 393 g/mol. The summed E-state index contributed by atoms with van der Waals surface area (Å²) >= 11 is 0. The van der Waals surface area contributed by atoms with Crippen molar-refractivity contribution in [3.8, 4) is 11.5 Å². The second kappa shape index (κ2) is 9.27. The van der Waals surface area contributed by atoms with Gasteiger partial charge in [-0.2, -0.15) is 0 Å². The maximum atomic E-state index is 13.8. The van der Waals surface area contributed by atoms with E-state index in [0.717, 1.165) is 5.69 Å². The summed E-state index contributed by atoms with van der Waals surface area (Å²) in [7, 11) is 3.35. The predicted molar refractivity (Wildman–Crippen MR) is 109 cm³/mol. The Kier molecular flexibility index (Phi) is 7.31. The standard InChI is InChI=1S/C20H28NO5P/c1-6-13-26-27(23,17-10-8-16(9-11-17)21(2)3)20(22)15-7-12-18(24-4)19(14-15)25-5/h7-12,14,20,22H,6,13H2,1-5H3/t20-,27-/m0/s1. The van der Waals surface area contributed by atoms with Gasteiger partial charge in [-0.25, -0.2) is 0 Å². The first-order valence-electron chi connectivity index (χ1n) is 8.79. The third-order valence-corrected chi connectivity index (χ3v) is 6.77. The Labute approximate surface area is 161 Å². The zero-order valence-corrected chi connectivity index (χ0v) is 17.4. The number of anilines is 1. The summed E-state index contributed by atoms with van der Waals surface area (Å²) in [6, 6.07) is 12.2. The predicted octanol–water partition coefficient (Wildman–Crippen LogP) is 3.79. The fourth-order valence-electron chi connectivity index (χ4n) is 2.68. The molecule has 2 rings (SSSR count). The molecule has 0 aromatic heterocycles. The first-order chi connectivity index (χ1) is 12.9. The van der Waals surface area contributed by atoms with Gasteiger partial charge in [0, 0.05) is 25.1 Å². The number of hydrogen-bond donors (Lipinski definition) is 1. The molecule has 6 nitrogen and oxygen atoms in total. The quantitative estimate of drug-likeness (QED) is 0.654. The van der Waals surface area contributed by atoms with Crippen molar-refractivity contribution in [1.82, 2.24) is 0 Å². The fraction of sp³-hybridized carbons (Fsp3) is 0.400. The summed E-state index contributed by atoms with van der Waals surface area (Å²) in [5.74, 6) is -0.318.